The fraction of sp³-hybridized carbons (Fsp3) is 0.615. The summed E-state index contributed by atoms with van der Waals surface area (Å²) >= 11 is 0. The van der Waals surface area contributed by atoms with Gasteiger partial charge in [0.2, 0.25) is 5.91 Å². The summed E-state index contributed by atoms with van der Waals surface area (Å²) in [6.07, 6.45) is 5.04. The Hall–Kier alpha value is -1.89. The minimum atomic E-state index is -1.05. The van der Waals surface area contributed by atoms with Gasteiger partial charge in [-0.25, -0.2) is 9.78 Å². The molecule has 1 atom stereocenters. The molecule has 0 bridgehead atoms. The van der Waals surface area contributed by atoms with Gasteiger partial charge in [-0.2, -0.15) is 0 Å². The third-order valence-electron chi connectivity index (χ3n) is 4.05. The molecule has 2 heterocycles. The molecule has 2 aliphatic rings. The van der Waals surface area contributed by atoms with E-state index in [-0.39, 0.29) is 17.7 Å². The van der Waals surface area contributed by atoms with Crippen LogP contribution in [-0.2, 0) is 15.1 Å². The number of nitrogens with zero attached hydrogens (tertiary/aromatic N) is 1. The molecule has 7 heteroatoms. The molecule has 0 radical (unpaired) electrons. The van der Waals surface area contributed by atoms with Gasteiger partial charge in [0.05, 0.1) is 11.7 Å². The van der Waals surface area contributed by atoms with Crippen molar-refractivity contribution < 1.29 is 19.4 Å². The number of aromatic nitrogens is 2. The largest absolute Gasteiger partial charge is 0.477 e. The SMILES string of the molecule is O=C(O)c1cnc(C2(NC(=O)C3CCCO3)CCC2)[nH]1. The second-order valence-electron chi connectivity index (χ2n) is 5.38. The van der Waals surface area contributed by atoms with Crippen LogP contribution < -0.4 is 5.32 Å². The van der Waals surface area contributed by atoms with Crippen molar-refractivity contribution in [3.63, 3.8) is 0 Å². The van der Waals surface area contributed by atoms with Crippen LogP contribution in [0.4, 0.5) is 0 Å². The van der Waals surface area contributed by atoms with Gasteiger partial charge in [0, 0.05) is 6.61 Å². The first-order valence-corrected chi connectivity index (χ1v) is 6.83. The van der Waals surface area contributed by atoms with E-state index in [1.807, 2.05) is 0 Å². The topological polar surface area (TPSA) is 104 Å². The monoisotopic (exact) mass is 279 g/mol. The molecule has 1 saturated heterocycles. The van der Waals surface area contributed by atoms with Gasteiger partial charge in [0.15, 0.2) is 0 Å². The fourth-order valence-corrected chi connectivity index (χ4v) is 2.73. The standard InChI is InChI=1S/C13H17N3O4/c17-10(9-3-1-6-20-9)16-13(4-2-5-13)12-14-7-8(15-12)11(18)19/h7,9H,1-6H2,(H,14,15)(H,16,17)(H,18,19). The summed E-state index contributed by atoms with van der Waals surface area (Å²) in [5, 5.41) is 11.9. The number of carboxylic acids is 1. The quantitative estimate of drug-likeness (QED) is 0.755. The number of imidazole rings is 1. The van der Waals surface area contributed by atoms with Crippen LogP contribution >= 0.6 is 0 Å². The molecule has 1 aliphatic heterocycles. The Bertz CT molecular complexity index is 529. The van der Waals surface area contributed by atoms with E-state index >= 15 is 0 Å². The van der Waals surface area contributed by atoms with Gasteiger partial charge < -0.3 is 20.1 Å². The lowest BCUT2D eigenvalue weighted by Crippen LogP contribution is -2.54. The van der Waals surface area contributed by atoms with E-state index in [0.717, 1.165) is 32.1 Å². The third-order valence-corrected chi connectivity index (χ3v) is 4.05. The van der Waals surface area contributed by atoms with Crippen LogP contribution in [0.5, 0.6) is 0 Å². The highest BCUT2D eigenvalue weighted by Crippen LogP contribution is 2.40. The van der Waals surface area contributed by atoms with E-state index < -0.39 is 11.5 Å². The van der Waals surface area contributed by atoms with Gasteiger partial charge in [0.25, 0.3) is 0 Å². The average Bonchev–Trinajstić information content (AvgIpc) is 3.03. The number of nitrogens with one attached hydrogen (secondary N) is 2. The van der Waals surface area contributed by atoms with Crippen molar-refractivity contribution in [1.29, 1.82) is 0 Å². The van der Waals surface area contributed by atoms with Crippen LogP contribution in [0, 0.1) is 0 Å². The average molecular weight is 279 g/mol. The number of hydrogen-bond acceptors (Lipinski definition) is 4. The molecule has 0 spiro atoms. The van der Waals surface area contributed by atoms with Crippen molar-refractivity contribution in [1.82, 2.24) is 15.3 Å². The van der Waals surface area contributed by atoms with E-state index in [0.29, 0.717) is 12.4 Å². The lowest BCUT2D eigenvalue weighted by Gasteiger charge is -2.41. The number of amides is 1. The molecule has 1 saturated carbocycles. The van der Waals surface area contributed by atoms with Crippen LogP contribution in [0.15, 0.2) is 6.20 Å². The Labute approximate surface area is 115 Å². The molecule has 1 aromatic heterocycles. The normalized spacial score (nSPS) is 24.1. The van der Waals surface area contributed by atoms with Crippen molar-refractivity contribution in [3.8, 4) is 0 Å². The van der Waals surface area contributed by atoms with Crippen LogP contribution in [0.2, 0.25) is 0 Å². The maximum Gasteiger partial charge on any atom is 0.353 e. The summed E-state index contributed by atoms with van der Waals surface area (Å²) < 4.78 is 5.37. The molecule has 0 aromatic carbocycles. The fourth-order valence-electron chi connectivity index (χ4n) is 2.73. The number of carbonyl (C=O) groups excluding carboxylic acids is 1. The molecule has 20 heavy (non-hydrogen) atoms. The lowest BCUT2D eigenvalue weighted by atomic mass is 9.76. The second kappa shape index (κ2) is 4.90. The Morgan fingerprint density at radius 1 is 1.45 bits per heavy atom. The number of aromatic amines is 1. The molecule has 2 fully saturated rings. The third kappa shape index (κ3) is 2.18. The van der Waals surface area contributed by atoms with Gasteiger partial charge in [-0.15, -0.1) is 0 Å². The zero-order valence-electron chi connectivity index (χ0n) is 11.0. The highest BCUT2D eigenvalue weighted by atomic mass is 16.5. The number of carboxylic acid groups (broad SMARTS) is 1. The van der Waals surface area contributed by atoms with E-state index in [1.165, 1.54) is 6.20 Å². The van der Waals surface area contributed by atoms with Crippen LogP contribution in [0.3, 0.4) is 0 Å². The van der Waals surface area contributed by atoms with Crippen molar-refractivity contribution in [2.24, 2.45) is 0 Å². The highest BCUT2D eigenvalue weighted by Gasteiger charge is 2.44. The molecule has 7 nitrogen and oxygen atoms in total. The van der Waals surface area contributed by atoms with Crippen LogP contribution in [-0.4, -0.2) is 39.7 Å². The Kier molecular flexibility index (Phi) is 3.21. The molecule has 1 aliphatic carbocycles. The zero-order valence-corrected chi connectivity index (χ0v) is 11.0. The molecule has 1 amide bonds. The van der Waals surface area contributed by atoms with Crippen LogP contribution in [0.25, 0.3) is 0 Å². The van der Waals surface area contributed by atoms with E-state index in [9.17, 15) is 9.59 Å². The van der Waals surface area contributed by atoms with Gasteiger partial charge in [-0.1, -0.05) is 0 Å². The molecule has 3 rings (SSSR count). The number of rotatable bonds is 4. The summed E-state index contributed by atoms with van der Waals surface area (Å²) in [5.41, 5.74) is -0.519. The van der Waals surface area contributed by atoms with Crippen molar-refractivity contribution in [2.45, 2.75) is 43.7 Å². The zero-order chi connectivity index (χ0) is 14.2. The summed E-state index contributed by atoms with van der Waals surface area (Å²) in [6.45, 7) is 0.620. The van der Waals surface area contributed by atoms with E-state index in [2.05, 4.69) is 15.3 Å². The smallest absolute Gasteiger partial charge is 0.353 e. The maximum absolute atomic E-state index is 12.2. The van der Waals surface area contributed by atoms with Gasteiger partial charge >= 0.3 is 5.97 Å². The maximum atomic E-state index is 12.2. The predicted molar refractivity (Wildman–Crippen MR) is 68.2 cm³/mol. The molecular formula is C13H17N3O4. The number of ether oxygens (including phenoxy) is 1. The summed E-state index contributed by atoms with van der Waals surface area (Å²) in [4.78, 5) is 30.0. The number of aromatic carboxylic acids is 1. The Morgan fingerprint density at radius 2 is 2.25 bits per heavy atom. The number of carbonyl (C=O) groups is 2. The number of H-pyrrole nitrogens is 1. The molecule has 3 N–H and O–H groups in total. The first-order valence-electron chi connectivity index (χ1n) is 6.83. The molecule has 108 valence electrons. The van der Waals surface area contributed by atoms with Crippen molar-refractivity contribution >= 4 is 11.9 Å². The van der Waals surface area contributed by atoms with E-state index in [1.54, 1.807) is 0 Å². The minimum absolute atomic E-state index is 0.0395. The lowest BCUT2D eigenvalue weighted by molar-refractivity contribution is -0.133. The van der Waals surface area contributed by atoms with Crippen molar-refractivity contribution in [3.05, 3.63) is 17.7 Å². The van der Waals surface area contributed by atoms with Gasteiger partial charge in [0.1, 0.15) is 17.6 Å². The molecular weight excluding hydrogens is 262 g/mol. The van der Waals surface area contributed by atoms with E-state index in [4.69, 9.17) is 9.84 Å². The van der Waals surface area contributed by atoms with Crippen LogP contribution in [0.1, 0.15) is 48.4 Å². The molecule has 1 aromatic rings. The number of hydrogen-bond donors (Lipinski definition) is 3. The first kappa shape index (κ1) is 13.1. The predicted octanol–water partition coefficient (Wildman–Crippen LogP) is 0.782. The summed E-state index contributed by atoms with van der Waals surface area (Å²) in [5.74, 6) is -0.661. The van der Waals surface area contributed by atoms with Gasteiger partial charge in [-0.05, 0) is 32.1 Å². The molecule has 1 unspecified atom stereocenters. The van der Waals surface area contributed by atoms with Gasteiger partial charge in [-0.3, -0.25) is 4.79 Å². The first-order chi connectivity index (χ1) is 9.61. The second-order valence-corrected chi connectivity index (χ2v) is 5.38. The highest BCUT2D eigenvalue weighted by molar-refractivity contribution is 5.85. The summed E-state index contributed by atoms with van der Waals surface area (Å²) in [6, 6.07) is 0. The Morgan fingerprint density at radius 3 is 2.75 bits per heavy atom. The Balaban J connectivity index is 1.76. The minimum Gasteiger partial charge on any atom is -0.477 e. The van der Waals surface area contributed by atoms with Crippen molar-refractivity contribution in [2.75, 3.05) is 6.61 Å². The summed E-state index contributed by atoms with van der Waals surface area (Å²) in [7, 11) is 0.